The Kier molecular flexibility index (Phi) is 5.24. The van der Waals surface area contributed by atoms with Gasteiger partial charge in [0, 0.05) is 18.7 Å². The molecule has 3 aromatic carbocycles. The molecule has 0 fully saturated rings. The van der Waals surface area contributed by atoms with E-state index >= 15 is 0 Å². The van der Waals surface area contributed by atoms with Crippen LogP contribution in [0.15, 0.2) is 66.7 Å². The summed E-state index contributed by atoms with van der Waals surface area (Å²) in [6.07, 6.45) is -0.707. The largest absolute Gasteiger partial charge is 0.387 e. The summed E-state index contributed by atoms with van der Waals surface area (Å²) in [5.74, 6) is -0.192. The third-order valence-corrected chi connectivity index (χ3v) is 4.21. The van der Waals surface area contributed by atoms with Crippen molar-refractivity contribution in [2.75, 3.05) is 6.54 Å². The molecule has 0 saturated heterocycles. The van der Waals surface area contributed by atoms with Gasteiger partial charge >= 0.3 is 0 Å². The third-order valence-electron chi connectivity index (χ3n) is 4.21. The number of fused-ring (bicyclic) bond motifs is 1. The lowest BCUT2D eigenvalue weighted by Crippen LogP contribution is -2.29. The Morgan fingerprint density at radius 3 is 2.46 bits per heavy atom. The number of amides is 1. The molecule has 0 aliphatic carbocycles. The van der Waals surface area contributed by atoms with Crippen molar-refractivity contribution in [2.45, 2.75) is 12.5 Å². The van der Waals surface area contributed by atoms with Gasteiger partial charge < -0.3 is 10.4 Å². The van der Waals surface area contributed by atoms with Crippen molar-refractivity contribution < 1.29 is 14.8 Å². The first-order valence-corrected chi connectivity index (χ1v) is 8.20. The van der Waals surface area contributed by atoms with Crippen molar-refractivity contribution in [3.63, 3.8) is 0 Å². The van der Waals surface area contributed by atoms with Crippen LogP contribution in [0.5, 0.6) is 0 Å². The minimum absolute atomic E-state index is 0.0408. The maximum Gasteiger partial charge on any atom is 0.269 e. The summed E-state index contributed by atoms with van der Waals surface area (Å²) >= 11 is 0. The maximum absolute atomic E-state index is 12.2. The summed E-state index contributed by atoms with van der Waals surface area (Å²) in [6.45, 7) is 0.0431. The number of hydrogen-bond donors (Lipinski definition) is 2. The number of nitro benzene ring substituents is 1. The number of rotatable bonds is 6. The molecule has 6 nitrogen and oxygen atoms in total. The van der Waals surface area contributed by atoms with Crippen molar-refractivity contribution in [3.05, 3.63) is 88.0 Å². The maximum atomic E-state index is 12.2. The van der Waals surface area contributed by atoms with E-state index in [1.54, 1.807) is 0 Å². The zero-order valence-electron chi connectivity index (χ0n) is 14.0. The number of nitrogens with zero attached hydrogens (tertiary/aromatic N) is 1. The smallest absolute Gasteiger partial charge is 0.269 e. The number of benzene rings is 3. The molecule has 0 aliphatic heterocycles. The van der Waals surface area contributed by atoms with E-state index in [0.717, 1.165) is 16.3 Å². The average molecular weight is 350 g/mol. The van der Waals surface area contributed by atoms with Crippen LogP contribution in [0.1, 0.15) is 17.2 Å². The predicted molar refractivity (Wildman–Crippen MR) is 98.7 cm³/mol. The first kappa shape index (κ1) is 17.6. The normalized spacial score (nSPS) is 11.9. The van der Waals surface area contributed by atoms with Crippen LogP contribution in [0.2, 0.25) is 0 Å². The summed E-state index contributed by atoms with van der Waals surface area (Å²) in [7, 11) is 0. The Balaban J connectivity index is 1.60. The van der Waals surface area contributed by atoms with Crippen molar-refractivity contribution in [1.29, 1.82) is 0 Å². The zero-order valence-corrected chi connectivity index (χ0v) is 14.0. The van der Waals surface area contributed by atoms with Gasteiger partial charge in [0.1, 0.15) is 0 Å². The van der Waals surface area contributed by atoms with Crippen molar-refractivity contribution in [1.82, 2.24) is 5.32 Å². The highest BCUT2D eigenvalue weighted by Gasteiger charge is 2.13. The minimum atomic E-state index is -0.924. The minimum Gasteiger partial charge on any atom is -0.387 e. The summed E-state index contributed by atoms with van der Waals surface area (Å²) in [4.78, 5) is 22.4. The van der Waals surface area contributed by atoms with Gasteiger partial charge in [-0.25, -0.2) is 0 Å². The molecule has 0 aliphatic rings. The fourth-order valence-electron chi connectivity index (χ4n) is 2.83. The summed E-state index contributed by atoms with van der Waals surface area (Å²) in [5.41, 5.74) is 1.40. The lowest BCUT2D eigenvalue weighted by molar-refractivity contribution is -0.384. The lowest BCUT2D eigenvalue weighted by Gasteiger charge is -2.13. The van der Waals surface area contributed by atoms with E-state index in [4.69, 9.17) is 0 Å². The third kappa shape index (κ3) is 4.04. The lowest BCUT2D eigenvalue weighted by atomic mass is 10.0. The Morgan fingerprint density at radius 1 is 1.04 bits per heavy atom. The SMILES string of the molecule is O=C(Cc1cccc2ccccc12)NC[C@@H](O)c1ccc([N+](=O)[O-])cc1. The number of nitro groups is 1. The quantitative estimate of drug-likeness (QED) is 0.528. The molecule has 3 rings (SSSR count). The van der Waals surface area contributed by atoms with Crippen LogP contribution in [0.3, 0.4) is 0 Å². The predicted octanol–water partition coefficient (Wildman–Crippen LogP) is 3.14. The highest BCUT2D eigenvalue weighted by atomic mass is 16.6. The van der Waals surface area contributed by atoms with Gasteiger partial charge in [-0.2, -0.15) is 0 Å². The van der Waals surface area contributed by atoms with Crippen LogP contribution in [0, 0.1) is 10.1 Å². The van der Waals surface area contributed by atoms with E-state index in [1.807, 2.05) is 42.5 Å². The Hall–Kier alpha value is -3.25. The second-order valence-corrected chi connectivity index (χ2v) is 5.98. The molecule has 2 N–H and O–H groups in total. The molecule has 0 radical (unpaired) electrons. The molecule has 3 aromatic rings. The van der Waals surface area contributed by atoms with E-state index < -0.39 is 11.0 Å². The molecule has 6 heteroatoms. The molecule has 1 atom stereocenters. The van der Waals surface area contributed by atoms with Crippen LogP contribution >= 0.6 is 0 Å². The van der Waals surface area contributed by atoms with Gasteiger partial charge in [-0.05, 0) is 34.0 Å². The average Bonchev–Trinajstić information content (AvgIpc) is 2.66. The van der Waals surface area contributed by atoms with E-state index in [0.29, 0.717) is 5.56 Å². The standard InChI is InChI=1S/C20H18N2O4/c23-19(15-8-10-17(11-9-15)22(25)26)13-21-20(24)12-16-6-3-5-14-4-1-2-7-18(14)16/h1-11,19,23H,12-13H2,(H,21,24)/t19-/m1/s1. The van der Waals surface area contributed by atoms with Crippen LogP contribution < -0.4 is 5.32 Å². The number of non-ortho nitro benzene ring substituents is 1. The second-order valence-electron chi connectivity index (χ2n) is 5.98. The number of nitrogens with one attached hydrogen (secondary N) is 1. The number of carbonyl (C=O) groups excluding carboxylic acids is 1. The molecule has 0 heterocycles. The second kappa shape index (κ2) is 7.76. The first-order valence-electron chi connectivity index (χ1n) is 8.20. The van der Waals surface area contributed by atoms with Gasteiger partial charge in [0.15, 0.2) is 0 Å². The highest BCUT2D eigenvalue weighted by Crippen LogP contribution is 2.19. The van der Waals surface area contributed by atoms with Crippen molar-refractivity contribution in [2.24, 2.45) is 0 Å². The molecule has 0 bridgehead atoms. The molecule has 0 aromatic heterocycles. The molecular weight excluding hydrogens is 332 g/mol. The molecule has 0 saturated carbocycles. The van der Waals surface area contributed by atoms with Crippen LogP contribution in [0.25, 0.3) is 10.8 Å². The number of carbonyl (C=O) groups is 1. The molecule has 1 amide bonds. The number of aliphatic hydroxyl groups excluding tert-OH is 1. The summed E-state index contributed by atoms with van der Waals surface area (Å²) in [5, 5.41) is 25.6. The van der Waals surface area contributed by atoms with Crippen molar-refractivity contribution in [3.8, 4) is 0 Å². The van der Waals surface area contributed by atoms with Gasteiger partial charge in [0.2, 0.25) is 5.91 Å². The molecule has 26 heavy (non-hydrogen) atoms. The fraction of sp³-hybridized carbons (Fsp3) is 0.150. The van der Waals surface area contributed by atoms with Gasteiger partial charge in [0.05, 0.1) is 17.4 Å². The van der Waals surface area contributed by atoms with Crippen LogP contribution in [-0.4, -0.2) is 22.5 Å². The monoisotopic (exact) mass is 350 g/mol. The van der Waals surface area contributed by atoms with Gasteiger partial charge in [0.25, 0.3) is 5.69 Å². The molecule has 132 valence electrons. The van der Waals surface area contributed by atoms with Gasteiger partial charge in [-0.1, -0.05) is 42.5 Å². The molecular formula is C20H18N2O4. The Morgan fingerprint density at radius 2 is 1.73 bits per heavy atom. The molecule has 0 unspecified atom stereocenters. The van der Waals surface area contributed by atoms with Crippen molar-refractivity contribution >= 4 is 22.4 Å². The van der Waals surface area contributed by atoms with E-state index in [-0.39, 0.29) is 24.6 Å². The number of hydrogen-bond acceptors (Lipinski definition) is 4. The van der Waals surface area contributed by atoms with E-state index in [2.05, 4.69) is 5.32 Å². The summed E-state index contributed by atoms with van der Waals surface area (Å²) < 4.78 is 0. The highest BCUT2D eigenvalue weighted by molar-refractivity contribution is 5.90. The fourth-order valence-corrected chi connectivity index (χ4v) is 2.83. The van der Waals surface area contributed by atoms with E-state index in [9.17, 15) is 20.0 Å². The Labute approximate surface area is 150 Å². The molecule has 0 spiro atoms. The first-order chi connectivity index (χ1) is 12.5. The van der Waals surface area contributed by atoms with Gasteiger partial charge in [-0.3, -0.25) is 14.9 Å². The summed E-state index contributed by atoms with van der Waals surface area (Å²) in [6, 6.07) is 19.3. The van der Waals surface area contributed by atoms with Crippen LogP contribution in [-0.2, 0) is 11.2 Å². The number of aliphatic hydroxyl groups is 1. The van der Waals surface area contributed by atoms with Gasteiger partial charge in [-0.15, -0.1) is 0 Å². The van der Waals surface area contributed by atoms with Crippen LogP contribution in [0.4, 0.5) is 5.69 Å². The topological polar surface area (TPSA) is 92.5 Å². The zero-order chi connectivity index (χ0) is 18.5. The van der Waals surface area contributed by atoms with E-state index in [1.165, 1.54) is 24.3 Å². The Bertz CT molecular complexity index is 933.